The van der Waals surface area contributed by atoms with Crippen molar-refractivity contribution in [3.8, 4) is 0 Å². The molecule has 2 atom stereocenters. The van der Waals surface area contributed by atoms with Crippen LogP contribution in [0.2, 0.25) is 0 Å². The topological polar surface area (TPSA) is 47.1 Å². The molecule has 1 aliphatic rings. The number of urea groups is 1. The van der Waals surface area contributed by atoms with Gasteiger partial charge in [-0.05, 0) is 25.7 Å². The van der Waals surface area contributed by atoms with Gasteiger partial charge in [0, 0.05) is 26.2 Å². The third kappa shape index (κ3) is 7.76. The molecule has 1 saturated heterocycles. The van der Waals surface area contributed by atoms with E-state index in [1.165, 1.54) is 4.90 Å². The fourth-order valence-electron chi connectivity index (χ4n) is 4.09. The second-order valence-electron chi connectivity index (χ2n) is 8.46. The molecule has 6 heteroatoms. The minimum Gasteiger partial charge on any atom is -0.296 e. The van der Waals surface area contributed by atoms with Crippen molar-refractivity contribution in [3.63, 3.8) is 0 Å². The zero-order valence-electron chi connectivity index (χ0n) is 20.5. The average molecular weight is 435 g/mol. The highest BCUT2D eigenvalue weighted by Gasteiger charge is 2.44. The van der Waals surface area contributed by atoms with Crippen molar-refractivity contribution in [2.45, 2.75) is 91.4 Å². The Kier molecular flexibility index (Phi) is 13.4. The van der Waals surface area contributed by atoms with Gasteiger partial charge in [-0.1, -0.05) is 78.7 Å². The number of carbonyl (C=O) groups excluding carboxylic acids is 2. The molecule has 2 unspecified atom stereocenters. The van der Waals surface area contributed by atoms with E-state index in [2.05, 4.69) is 50.7 Å². The standard InChI is InChI=1S/C25H46N4O2/c1-7-13-17-26(18-14-8-2)22(11-5)28-21-24(30)29(25(28)31)23(12-6)27(19-15-9-3)20-16-10-4/h11-12,22-23H,5-10,13-21H2,1-4H3. The van der Waals surface area contributed by atoms with E-state index < -0.39 is 6.17 Å². The highest BCUT2D eigenvalue weighted by molar-refractivity contribution is 6.02. The first-order valence-corrected chi connectivity index (χ1v) is 12.4. The number of imide groups is 1. The Balaban J connectivity index is 3.09. The maximum Gasteiger partial charge on any atom is 0.330 e. The summed E-state index contributed by atoms with van der Waals surface area (Å²) < 4.78 is 0. The maximum atomic E-state index is 13.5. The first-order valence-electron chi connectivity index (χ1n) is 12.4. The number of carbonyl (C=O) groups is 2. The second-order valence-corrected chi connectivity index (χ2v) is 8.46. The molecule has 1 aliphatic heterocycles. The molecule has 0 aliphatic carbocycles. The monoisotopic (exact) mass is 434 g/mol. The molecule has 31 heavy (non-hydrogen) atoms. The van der Waals surface area contributed by atoms with Crippen molar-refractivity contribution in [3.05, 3.63) is 25.3 Å². The first-order chi connectivity index (χ1) is 15.0. The van der Waals surface area contributed by atoms with Gasteiger partial charge in [0.05, 0.1) is 0 Å². The van der Waals surface area contributed by atoms with Gasteiger partial charge < -0.3 is 0 Å². The molecule has 0 aromatic carbocycles. The second kappa shape index (κ2) is 15.2. The Morgan fingerprint density at radius 2 is 1.16 bits per heavy atom. The van der Waals surface area contributed by atoms with Gasteiger partial charge >= 0.3 is 6.03 Å². The molecule has 6 nitrogen and oxygen atoms in total. The smallest absolute Gasteiger partial charge is 0.296 e. The molecule has 0 radical (unpaired) electrons. The van der Waals surface area contributed by atoms with Crippen molar-refractivity contribution in [1.29, 1.82) is 0 Å². The quantitative estimate of drug-likeness (QED) is 0.223. The molecule has 1 rings (SSSR count). The molecule has 178 valence electrons. The molecule has 0 N–H and O–H groups in total. The van der Waals surface area contributed by atoms with Gasteiger partial charge in [-0.3, -0.25) is 19.5 Å². The normalized spacial score (nSPS) is 16.5. The van der Waals surface area contributed by atoms with Gasteiger partial charge in [0.15, 0.2) is 0 Å². The van der Waals surface area contributed by atoms with Gasteiger partial charge in [-0.2, -0.15) is 0 Å². The van der Waals surface area contributed by atoms with Crippen LogP contribution in [0.1, 0.15) is 79.1 Å². The van der Waals surface area contributed by atoms with E-state index in [0.717, 1.165) is 77.5 Å². The summed E-state index contributed by atoms with van der Waals surface area (Å²) in [6.45, 7) is 20.3. The SMILES string of the molecule is C=CC(N(CCCC)CCCC)N1CC(=O)N(C(C=C)N(CCCC)CCCC)C1=O. The highest BCUT2D eigenvalue weighted by Crippen LogP contribution is 2.23. The Bertz CT molecular complexity index is 550. The fourth-order valence-corrected chi connectivity index (χ4v) is 4.09. The van der Waals surface area contributed by atoms with Crippen molar-refractivity contribution in [1.82, 2.24) is 19.6 Å². The fraction of sp³-hybridized carbons (Fsp3) is 0.760. The van der Waals surface area contributed by atoms with Crippen LogP contribution in [0.4, 0.5) is 4.79 Å². The Labute approximate surface area is 190 Å². The van der Waals surface area contributed by atoms with Crippen LogP contribution < -0.4 is 0 Å². The van der Waals surface area contributed by atoms with Gasteiger partial charge in [-0.15, -0.1) is 0 Å². The molecule has 0 aromatic heterocycles. The van der Waals surface area contributed by atoms with Crippen molar-refractivity contribution in [2.75, 3.05) is 32.7 Å². The molecule has 1 fully saturated rings. The minimum absolute atomic E-state index is 0.101. The lowest BCUT2D eigenvalue weighted by atomic mass is 10.2. The summed E-state index contributed by atoms with van der Waals surface area (Å²) in [7, 11) is 0. The Hall–Kier alpha value is -1.66. The summed E-state index contributed by atoms with van der Waals surface area (Å²) in [6.07, 6.45) is 11.4. The minimum atomic E-state index is -0.395. The van der Waals surface area contributed by atoms with E-state index in [0.29, 0.717) is 0 Å². The van der Waals surface area contributed by atoms with E-state index in [-0.39, 0.29) is 24.6 Å². The van der Waals surface area contributed by atoms with E-state index in [1.807, 2.05) is 6.08 Å². The zero-order valence-corrected chi connectivity index (χ0v) is 20.5. The summed E-state index contributed by atoms with van der Waals surface area (Å²) >= 11 is 0. The number of amides is 3. The molecular weight excluding hydrogens is 388 g/mol. The highest BCUT2D eigenvalue weighted by atomic mass is 16.2. The predicted octanol–water partition coefficient (Wildman–Crippen LogP) is 5.08. The van der Waals surface area contributed by atoms with Gasteiger partial charge in [-0.25, -0.2) is 9.69 Å². The number of hydrogen-bond acceptors (Lipinski definition) is 4. The molecule has 0 saturated carbocycles. The molecule has 0 bridgehead atoms. The van der Waals surface area contributed by atoms with Crippen LogP contribution in [-0.4, -0.2) is 76.6 Å². The lowest BCUT2D eigenvalue weighted by Gasteiger charge is -2.37. The molecule has 0 aromatic rings. The van der Waals surface area contributed by atoms with E-state index in [4.69, 9.17) is 0 Å². The largest absolute Gasteiger partial charge is 0.330 e. The van der Waals surface area contributed by atoms with Crippen molar-refractivity contribution in [2.24, 2.45) is 0 Å². The third-order valence-corrected chi connectivity index (χ3v) is 5.98. The third-order valence-electron chi connectivity index (χ3n) is 5.98. The Morgan fingerprint density at radius 1 is 0.774 bits per heavy atom. The lowest BCUT2D eigenvalue weighted by molar-refractivity contribution is -0.128. The van der Waals surface area contributed by atoms with Crippen LogP contribution >= 0.6 is 0 Å². The van der Waals surface area contributed by atoms with Crippen LogP contribution in [0, 0.1) is 0 Å². The average Bonchev–Trinajstić information content (AvgIpc) is 3.06. The molecule has 0 spiro atoms. The summed E-state index contributed by atoms with van der Waals surface area (Å²) in [4.78, 5) is 34.2. The number of unbranched alkanes of at least 4 members (excludes halogenated alkanes) is 4. The number of rotatable bonds is 18. The maximum absolute atomic E-state index is 13.5. The van der Waals surface area contributed by atoms with Crippen LogP contribution in [0.3, 0.4) is 0 Å². The number of hydrogen-bond donors (Lipinski definition) is 0. The summed E-state index contributed by atoms with van der Waals surface area (Å²) in [5, 5.41) is 0. The lowest BCUT2D eigenvalue weighted by Crippen LogP contribution is -2.53. The van der Waals surface area contributed by atoms with Gasteiger partial charge in [0.2, 0.25) is 0 Å². The van der Waals surface area contributed by atoms with Crippen LogP contribution in [0.15, 0.2) is 25.3 Å². The van der Waals surface area contributed by atoms with E-state index in [1.54, 1.807) is 11.0 Å². The summed E-state index contributed by atoms with van der Waals surface area (Å²) in [6, 6.07) is -0.226. The van der Waals surface area contributed by atoms with E-state index in [9.17, 15) is 9.59 Å². The van der Waals surface area contributed by atoms with Crippen LogP contribution in [-0.2, 0) is 4.79 Å². The van der Waals surface area contributed by atoms with Crippen molar-refractivity contribution < 1.29 is 9.59 Å². The summed E-state index contributed by atoms with van der Waals surface area (Å²) in [5.41, 5.74) is 0. The number of nitrogens with zero attached hydrogens (tertiary/aromatic N) is 4. The van der Waals surface area contributed by atoms with Gasteiger partial charge in [0.25, 0.3) is 5.91 Å². The van der Waals surface area contributed by atoms with Crippen LogP contribution in [0.25, 0.3) is 0 Å². The Morgan fingerprint density at radius 3 is 1.52 bits per heavy atom. The van der Waals surface area contributed by atoms with Crippen LogP contribution in [0.5, 0.6) is 0 Å². The first kappa shape index (κ1) is 27.4. The van der Waals surface area contributed by atoms with Gasteiger partial charge in [0.1, 0.15) is 18.9 Å². The zero-order chi connectivity index (χ0) is 23.2. The van der Waals surface area contributed by atoms with Crippen molar-refractivity contribution >= 4 is 11.9 Å². The summed E-state index contributed by atoms with van der Waals surface area (Å²) in [5.74, 6) is -0.148. The molecule has 1 heterocycles. The molecular formula is C25H46N4O2. The molecule has 3 amide bonds. The predicted molar refractivity (Wildman–Crippen MR) is 130 cm³/mol. The van der Waals surface area contributed by atoms with E-state index >= 15 is 0 Å².